The maximum absolute atomic E-state index is 5.71. The van der Waals surface area contributed by atoms with Crippen molar-refractivity contribution < 1.29 is 4.74 Å². The van der Waals surface area contributed by atoms with Gasteiger partial charge in [-0.05, 0) is 25.7 Å². The van der Waals surface area contributed by atoms with E-state index < -0.39 is 0 Å². The lowest BCUT2D eigenvalue weighted by molar-refractivity contribution is 0.191. The van der Waals surface area contributed by atoms with Crippen LogP contribution in [0.5, 0.6) is 0 Å². The average molecular weight is 211 g/mol. The molecule has 0 aromatic heterocycles. The van der Waals surface area contributed by atoms with Gasteiger partial charge in [-0.2, -0.15) is 0 Å². The zero-order valence-electron chi connectivity index (χ0n) is 10.8. The van der Waals surface area contributed by atoms with E-state index in [-0.39, 0.29) is 0 Å². The lowest BCUT2D eigenvalue weighted by Crippen LogP contribution is -2.02. The number of nitrogens with zero attached hydrogens (tertiary/aromatic N) is 1. The summed E-state index contributed by atoms with van der Waals surface area (Å²) in [5.74, 6) is 1.77. The first-order valence-corrected chi connectivity index (χ1v) is 5.90. The van der Waals surface area contributed by atoms with Crippen molar-refractivity contribution in [2.24, 2.45) is 10.9 Å². The summed E-state index contributed by atoms with van der Waals surface area (Å²) in [7, 11) is 1.79. The molecule has 15 heavy (non-hydrogen) atoms. The number of rotatable bonds is 7. The van der Waals surface area contributed by atoms with Gasteiger partial charge in [0.15, 0.2) is 0 Å². The zero-order valence-corrected chi connectivity index (χ0v) is 10.8. The van der Waals surface area contributed by atoms with Gasteiger partial charge in [-0.1, -0.05) is 27.2 Å². The van der Waals surface area contributed by atoms with Gasteiger partial charge in [-0.15, -0.1) is 0 Å². The molecule has 88 valence electrons. The SMILES string of the molecule is CCC(/C=N\C)=C(/C)OCCC(C)CC. The number of aliphatic imine (C=N–C) groups is 1. The molecule has 0 aromatic rings. The van der Waals surface area contributed by atoms with Crippen LogP contribution in [0.15, 0.2) is 16.3 Å². The Kier molecular flexibility index (Phi) is 8.06. The molecule has 0 bridgehead atoms. The van der Waals surface area contributed by atoms with Crippen LogP contribution in [0.3, 0.4) is 0 Å². The molecule has 0 heterocycles. The summed E-state index contributed by atoms with van der Waals surface area (Å²) in [5.41, 5.74) is 1.20. The Morgan fingerprint density at radius 2 is 2.07 bits per heavy atom. The fourth-order valence-corrected chi connectivity index (χ4v) is 1.30. The van der Waals surface area contributed by atoms with E-state index in [0.717, 1.165) is 31.1 Å². The summed E-state index contributed by atoms with van der Waals surface area (Å²) in [5, 5.41) is 0. The van der Waals surface area contributed by atoms with E-state index >= 15 is 0 Å². The Hall–Kier alpha value is -0.790. The summed E-state index contributed by atoms with van der Waals surface area (Å²) in [6, 6.07) is 0. The minimum Gasteiger partial charge on any atom is -0.498 e. The molecular weight excluding hydrogens is 186 g/mol. The van der Waals surface area contributed by atoms with Crippen LogP contribution in [0, 0.1) is 5.92 Å². The van der Waals surface area contributed by atoms with Crippen molar-refractivity contribution >= 4 is 6.21 Å². The van der Waals surface area contributed by atoms with Gasteiger partial charge in [0.05, 0.1) is 12.4 Å². The third-order valence-corrected chi connectivity index (χ3v) is 2.74. The highest BCUT2D eigenvalue weighted by molar-refractivity contribution is 5.78. The summed E-state index contributed by atoms with van der Waals surface area (Å²) in [4.78, 5) is 4.02. The fraction of sp³-hybridized carbons (Fsp3) is 0.769. The first-order valence-electron chi connectivity index (χ1n) is 5.90. The molecule has 0 rings (SSSR count). The van der Waals surface area contributed by atoms with Crippen LogP contribution >= 0.6 is 0 Å². The molecule has 0 saturated carbocycles. The summed E-state index contributed by atoms with van der Waals surface area (Å²) < 4.78 is 5.71. The molecule has 1 unspecified atom stereocenters. The third kappa shape index (κ3) is 6.32. The Balaban J connectivity index is 4.03. The van der Waals surface area contributed by atoms with Gasteiger partial charge in [0.2, 0.25) is 0 Å². The van der Waals surface area contributed by atoms with E-state index in [0.29, 0.717) is 0 Å². The first kappa shape index (κ1) is 14.2. The van der Waals surface area contributed by atoms with Crippen molar-refractivity contribution in [3.05, 3.63) is 11.3 Å². The predicted molar refractivity (Wildman–Crippen MR) is 67.4 cm³/mol. The highest BCUT2D eigenvalue weighted by atomic mass is 16.5. The molecule has 1 atom stereocenters. The Bertz CT molecular complexity index is 219. The predicted octanol–water partition coefficient (Wildman–Crippen LogP) is 3.82. The molecular formula is C13H25NO. The van der Waals surface area contributed by atoms with Crippen molar-refractivity contribution in [3.63, 3.8) is 0 Å². The van der Waals surface area contributed by atoms with Crippen LogP contribution < -0.4 is 0 Å². The Morgan fingerprint density at radius 3 is 2.53 bits per heavy atom. The van der Waals surface area contributed by atoms with E-state index in [1.54, 1.807) is 7.05 Å². The van der Waals surface area contributed by atoms with E-state index in [2.05, 4.69) is 25.8 Å². The van der Waals surface area contributed by atoms with E-state index in [1.165, 1.54) is 12.0 Å². The van der Waals surface area contributed by atoms with Gasteiger partial charge in [0, 0.05) is 18.8 Å². The van der Waals surface area contributed by atoms with Crippen LogP contribution in [0.2, 0.25) is 0 Å². The topological polar surface area (TPSA) is 21.6 Å². The second-order valence-electron chi connectivity index (χ2n) is 3.97. The van der Waals surface area contributed by atoms with Crippen molar-refractivity contribution in [2.75, 3.05) is 13.7 Å². The second kappa shape index (κ2) is 8.51. The molecule has 0 aliphatic rings. The molecule has 0 aliphatic heterocycles. The maximum Gasteiger partial charge on any atom is 0.0975 e. The monoisotopic (exact) mass is 211 g/mol. The van der Waals surface area contributed by atoms with Crippen molar-refractivity contribution in [1.29, 1.82) is 0 Å². The Labute approximate surface area is 94.4 Å². The quantitative estimate of drug-likeness (QED) is 0.463. The van der Waals surface area contributed by atoms with Crippen molar-refractivity contribution in [3.8, 4) is 0 Å². The number of hydrogen-bond donors (Lipinski definition) is 0. The van der Waals surface area contributed by atoms with E-state index in [1.807, 2.05) is 13.1 Å². The molecule has 2 nitrogen and oxygen atoms in total. The minimum absolute atomic E-state index is 0.753. The third-order valence-electron chi connectivity index (χ3n) is 2.74. The second-order valence-corrected chi connectivity index (χ2v) is 3.97. The van der Waals surface area contributed by atoms with Gasteiger partial charge in [0.1, 0.15) is 0 Å². The molecule has 0 radical (unpaired) electrons. The number of ether oxygens (including phenoxy) is 1. The van der Waals surface area contributed by atoms with Crippen LogP contribution in [-0.2, 0) is 4.74 Å². The van der Waals surface area contributed by atoms with Crippen LogP contribution in [0.4, 0.5) is 0 Å². The number of allylic oxidation sites excluding steroid dienone is 2. The standard InChI is InChI=1S/C13H25NO/c1-6-11(3)8-9-15-12(4)13(7-2)10-14-5/h10-11H,6-9H2,1-5H3/b13-12+,14-10-. The molecule has 0 fully saturated rings. The van der Waals surface area contributed by atoms with Gasteiger partial charge >= 0.3 is 0 Å². The molecule has 0 aliphatic carbocycles. The van der Waals surface area contributed by atoms with Crippen LogP contribution in [0.25, 0.3) is 0 Å². The largest absolute Gasteiger partial charge is 0.498 e. The number of hydrogen-bond acceptors (Lipinski definition) is 2. The zero-order chi connectivity index (χ0) is 11.7. The first-order chi connectivity index (χ1) is 7.15. The normalized spacial score (nSPS) is 15.3. The highest BCUT2D eigenvalue weighted by Gasteiger charge is 2.01. The molecule has 0 amide bonds. The maximum atomic E-state index is 5.71. The lowest BCUT2D eigenvalue weighted by Gasteiger charge is -2.12. The minimum atomic E-state index is 0.753. The fourth-order valence-electron chi connectivity index (χ4n) is 1.30. The smallest absolute Gasteiger partial charge is 0.0975 e. The van der Waals surface area contributed by atoms with Crippen LogP contribution in [0.1, 0.15) is 47.0 Å². The summed E-state index contributed by atoms with van der Waals surface area (Å²) in [6.07, 6.45) is 5.22. The molecule has 0 N–H and O–H groups in total. The highest BCUT2D eigenvalue weighted by Crippen LogP contribution is 2.11. The van der Waals surface area contributed by atoms with Crippen molar-refractivity contribution in [2.45, 2.75) is 47.0 Å². The van der Waals surface area contributed by atoms with Gasteiger partial charge in [0.25, 0.3) is 0 Å². The van der Waals surface area contributed by atoms with E-state index in [4.69, 9.17) is 4.74 Å². The summed E-state index contributed by atoms with van der Waals surface area (Å²) >= 11 is 0. The molecule has 0 aromatic carbocycles. The average Bonchev–Trinajstić information content (AvgIpc) is 2.25. The van der Waals surface area contributed by atoms with Gasteiger partial charge < -0.3 is 4.74 Å². The molecule has 2 heteroatoms. The molecule has 0 saturated heterocycles. The van der Waals surface area contributed by atoms with Gasteiger partial charge in [-0.3, -0.25) is 4.99 Å². The molecule has 0 spiro atoms. The van der Waals surface area contributed by atoms with Crippen LogP contribution in [-0.4, -0.2) is 19.9 Å². The summed E-state index contributed by atoms with van der Waals surface area (Å²) in [6.45, 7) is 9.45. The Morgan fingerprint density at radius 1 is 1.40 bits per heavy atom. The van der Waals surface area contributed by atoms with Gasteiger partial charge in [-0.25, -0.2) is 0 Å². The van der Waals surface area contributed by atoms with Crippen molar-refractivity contribution in [1.82, 2.24) is 0 Å². The van der Waals surface area contributed by atoms with E-state index in [9.17, 15) is 0 Å². The lowest BCUT2D eigenvalue weighted by atomic mass is 10.1.